The molecule has 0 bridgehead atoms. The number of carbonyl (C=O) groups is 1. The maximum atomic E-state index is 12.8. The molecule has 1 saturated heterocycles. The van der Waals surface area contributed by atoms with Crippen molar-refractivity contribution < 1.29 is 23.1 Å². The van der Waals surface area contributed by atoms with Gasteiger partial charge in [-0.05, 0) is 36.4 Å². The number of carboxylic acid groups (broad SMARTS) is 1. The number of aromatic carboxylic acids is 1. The number of hydrogen-bond donors (Lipinski definition) is 2. The summed E-state index contributed by atoms with van der Waals surface area (Å²) in [7, 11) is -4.07. The molecule has 11 heteroatoms. The lowest BCUT2D eigenvalue weighted by Gasteiger charge is -2.25. The highest BCUT2D eigenvalue weighted by atomic mass is 35.5. The molecule has 2 aromatic carbocycles. The lowest BCUT2D eigenvalue weighted by Crippen LogP contribution is -2.36. The fraction of sp³-hybridized carbons (Fsp3) is 0.222. The van der Waals surface area contributed by atoms with Gasteiger partial charge in [0.2, 0.25) is 0 Å². The number of fused-ring (bicyclic) bond motifs is 1. The summed E-state index contributed by atoms with van der Waals surface area (Å²) in [6, 6.07) is 8.58. The highest BCUT2D eigenvalue weighted by molar-refractivity contribution is 7.92. The Morgan fingerprint density at radius 3 is 2.69 bits per heavy atom. The molecule has 8 nitrogen and oxygen atoms in total. The van der Waals surface area contributed by atoms with Crippen molar-refractivity contribution in [2.75, 3.05) is 35.9 Å². The minimum Gasteiger partial charge on any atom is -0.478 e. The van der Waals surface area contributed by atoms with Crippen LogP contribution in [-0.2, 0) is 14.8 Å². The Labute approximate surface area is 175 Å². The molecule has 4 rings (SSSR count). The Balaban J connectivity index is 1.63. The number of carboxylic acids is 1. The van der Waals surface area contributed by atoms with Crippen molar-refractivity contribution in [3.63, 3.8) is 0 Å². The van der Waals surface area contributed by atoms with E-state index < -0.39 is 16.0 Å². The van der Waals surface area contributed by atoms with Crippen LogP contribution in [0.15, 0.2) is 41.3 Å². The van der Waals surface area contributed by atoms with Crippen LogP contribution in [-0.4, -0.2) is 50.8 Å². The molecular weight excluding hydrogens is 438 g/mol. The third-order valence-electron chi connectivity index (χ3n) is 4.38. The highest BCUT2D eigenvalue weighted by Crippen LogP contribution is 2.32. The van der Waals surface area contributed by atoms with Crippen LogP contribution in [0.2, 0.25) is 5.02 Å². The van der Waals surface area contributed by atoms with Crippen LogP contribution < -0.4 is 9.62 Å². The standard InChI is InChI=1S/C18H16ClN3O5S2/c19-13-3-1-11(17(23)24)9-16(13)29(25,26)21-12-2-4-14-15(10-12)28-18(20-14)22-5-7-27-8-6-22/h1-4,9-10,21H,5-8H2,(H,23,24). The summed E-state index contributed by atoms with van der Waals surface area (Å²) in [6.07, 6.45) is 0. The molecule has 1 aliphatic heterocycles. The molecule has 0 radical (unpaired) electrons. The maximum absolute atomic E-state index is 12.8. The van der Waals surface area contributed by atoms with Gasteiger partial charge >= 0.3 is 5.97 Å². The van der Waals surface area contributed by atoms with Gasteiger partial charge in [-0.15, -0.1) is 0 Å². The summed E-state index contributed by atoms with van der Waals surface area (Å²) in [5.74, 6) is -1.24. The van der Waals surface area contributed by atoms with Crippen LogP contribution in [0.1, 0.15) is 10.4 Å². The van der Waals surface area contributed by atoms with Gasteiger partial charge in [0.25, 0.3) is 10.0 Å². The van der Waals surface area contributed by atoms with Gasteiger partial charge in [-0.2, -0.15) is 0 Å². The average Bonchev–Trinajstić information content (AvgIpc) is 3.12. The molecule has 29 heavy (non-hydrogen) atoms. The zero-order chi connectivity index (χ0) is 20.6. The fourth-order valence-electron chi connectivity index (χ4n) is 2.92. The summed E-state index contributed by atoms with van der Waals surface area (Å²) in [5, 5.41) is 9.91. The molecule has 0 atom stereocenters. The first kappa shape index (κ1) is 19.9. The number of nitrogens with one attached hydrogen (secondary N) is 1. The summed E-state index contributed by atoms with van der Waals surface area (Å²) in [5.41, 5.74) is 0.944. The molecule has 0 spiro atoms. The minimum absolute atomic E-state index is 0.0593. The monoisotopic (exact) mass is 453 g/mol. The molecule has 1 aliphatic rings. The van der Waals surface area contributed by atoms with Gasteiger partial charge in [0.05, 0.1) is 39.7 Å². The van der Waals surface area contributed by atoms with Gasteiger partial charge < -0.3 is 14.7 Å². The number of morpholine rings is 1. The number of rotatable bonds is 5. The van der Waals surface area contributed by atoms with E-state index in [1.165, 1.54) is 23.5 Å². The minimum atomic E-state index is -4.07. The molecule has 1 fully saturated rings. The second-order valence-electron chi connectivity index (χ2n) is 6.33. The third kappa shape index (κ3) is 4.15. The molecule has 0 unspecified atom stereocenters. The van der Waals surface area contributed by atoms with Crippen molar-refractivity contribution in [3.05, 3.63) is 47.0 Å². The van der Waals surface area contributed by atoms with E-state index in [1.807, 2.05) is 0 Å². The van der Waals surface area contributed by atoms with E-state index in [2.05, 4.69) is 14.6 Å². The number of ether oxygens (including phenoxy) is 1. The largest absolute Gasteiger partial charge is 0.478 e. The quantitative estimate of drug-likeness (QED) is 0.610. The Bertz CT molecular complexity index is 1190. The first-order valence-electron chi connectivity index (χ1n) is 8.62. The fourth-order valence-corrected chi connectivity index (χ4v) is 5.55. The van der Waals surface area contributed by atoms with Crippen molar-refractivity contribution in [2.45, 2.75) is 4.90 Å². The Hall–Kier alpha value is -2.40. The number of anilines is 2. The van der Waals surface area contributed by atoms with Gasteiger partial charge in [0.15, 0.2) is 5.13 Å². The van der Waals surface area contributed by atoms with E-state index in [4.69, 9.17) is 21.4 Å². The number of nitrogens with zero attached hydrogens (tertiary/aromatic N) is 2. The molecule has 0 amide bonds. The average molecular weight is 454 g/mol. The number of aromatic nitrogens is 1. The molecule has 1 aromatic heterocycles. The van der Waals surface area contributed by atoms with Crippen molar-refractivity contribution in [1.82, 2.24) is 4.98 Å². The summed E-state index contributed by atoms with van der Waals surface area (Å²) >= 11 is 7.47. The van der Waals surface area contributed by atoms with Gasteiger partial charge in [-0.1, -0.05) is 22.9 Å². The van der Waals surface area contributed by atoms with Crippen molar-refractivity contribution in [2.24, 2.45) is 0 Å². The van der Waals surface area contributed by atoms with E-state index in [9.17, 15) is 13.2 Å². The Kier molecular flexibility index (Phi) is 5.34. The molecule has 2 heterocycles. The Morgan fingerprint density at radius 1 is 1.21 bits per heavy atom. The number of benzene rings is 2. The lowest BCUT2D eigenvalue weighted by molar-refractivity contribution is 0.0696. The van der Waals surface area contributed by atoms with Crippen LogP contribution in [0.25, 0.3) is 10.2 Å². The van der Waals surface area contributed by atoms with Gasteiger partial charge in [0.1, 0.15) is 4.90 Å². The highest BCUT2D eigenvalue weighted by Gasteiger charge is 2.21. The molecule has 0 aliphatic carbocycles. The van der Waals surface area contributed by atoms with Crippen LogP contribution in [0.3, 0.4) is 0 Å². The zero-order valence-electron chi connectivity index (χ0n) is 15.0. The molecule has 2 N–H and O–H groups in total. The molecule has 3 aromatic rings. The van der Waals surface area contributed by atoms with Crippen molar-refractivity contribution >= 4 is 60.0 Å². The predicted octanol–water partition coefficient (Wildman–Crippen LogP) is 3.29. The first-order chi connectivity index (χ1) is 13.8. The lowest BCUT2D eigenvalue weighted by atomic mass is 10.2. The number of thiazole rings is 1. The topological polar surface area (TPSA) is 109 Å². The van der Waals surface area contributed by atoms with Crippen LogP contribution in [0.4, 0.5) is 10.8 Å². The van der Waals surface area contributed by atoms with Crippen molar-refractivity contribution in [3.8, 4) is 0 Å². The smallest absolute Gasteiger partial charge is 0.335 e. The number of hydrogen-bond acceptors (Lipinski definition) is 7. The normalized spacial score (nSPS) is 14.9. The predicted molar refractivity (Wildman–Crippen MR) is 112 cm³/mol. The maximum Gasteiger partial charge on any atom is 0.335 e. The van der Waals surface area contributed by atoms with Gasteiger partial charge in [-0.25, -0.2) is 18.2 Å². The SMILES string of the molecule is O=C(O)c1ccc(Cl)c(S(=O)(=O)Nc2ccc3nc(N4CCOCC4)sc3c2)c1. The summed E-state index contributed by atoms with van der Waals surface area (Å²) < 4.78 is 34.2. The van der Waals surface area contributed by atoms with E-state index in [1.54, 1.807) is 18.2 Å². The van der Waals surface area contributed by atoms with E-state index in [-0.39, 0.29) is 15.5 Å². The van der Waals surface area contributed by atoms with Crippen LogP contribution >= 0.6 is 22.9 Å². The second kappa shape index (κ2) is 7.79. The number of halogens is 1. The Morgan fingerprint density at radius 2 is 1.97 bits per heavy atom. The first-order valence-corrected chi connectivity index (χ1v) is 11.3. The third-order valence-corrected chi connectivity index (χ3v) is 7.32. The van der Waals surface area contributed by atoms with E-state index >= 15 is 0 Å². The molecule has 152 valence electrons. The van der Waals surface area contributed by atoms with E-state index in [0.717, 1.165) is 34.5 Å². The summed E-state index contributed by atoms with van der Waals surface area (Å²) in [6.45, 7) is 2.82. The zero-order valence-corrected chi connectivity index (χ0v) is 17.4. The molecule has 0 saturated carbocycles. The van der Waals surface area contributed by atoms with Crippen LogP contribution in [0, 0.1) is 0 Å². The van der Waals surface area contributed by atoms with Gasteiger partial charge in [-0.3, -0.25) is 4.72 Å². The van der Waals surface area contributed by atoms with Gasteiger partial charge in [0, 0.05) is 13.1 Å². The summed E-state index contributed by atoms with van der Waals surface area (Å²) in [4.78, 5) is 17.6. The molecular formula is C18H16ClN3O5S2. The van der Waals surface area contributed by atoms with Crippen molar-refractivity contribution in [1.29, 1.82) is 0 Å². The second-order valence-corrected chi connectivity index (χ2v) is 9.40. The number of sulfonamides is 1. The van der Waals surface area contributed by atoms with Crippen LogP contribution in [0.5, 0.6) is 0 Å². The van der Waals surface area contributed by atoms with E-state index in [0.29, 0.717) is 18.9 Å².